The van der Waals surface area contributed by atoms with Crippen molar-refractivity contribution in [1.82, 2.24) is 0 Å². The molecular weight excluding hydrogens is 330 g/mol. The minimum absolute atomic E-state index is 0.441. The first-order valence-electron chi connectivity index (χ1n) is 7.25. The van der Waals surface area contributed by atoms with Crippen molar-refractivity contribution >= 4 is 28.9 Å². The first kappa shape index (κ1) is 17.8. The van der Waals surface area contributed by atoms with Gasteiger partial charge in [0.05, 0.1) is 19.9 Å². The van der Waals surface area contributed by atoms with Crippen LogP contribution in [0.5, 0.6) is 11.5 Å². The molecular formula is C17H19NO5S. The summed E-state index contributed by atoms with van der Waals surface area (Å²) in [5, 5.41) is 2.68. The Kier molecular flexibility index (Phi) is 5.81. The molecule has 24 heavy (non-hydrogen) atoms. The highest BCUT2D eigenvalue weighted by atomic mass is 32.1. The normalized spacial score (nSPS) is 11.5. The van der Waals surface area contributed by atoms with Crippen LogP contribution >= 0.6 is 11.3 Å². The zero-order chi connectivity index (χ0) is 17.7. The topological polar surface area (TPSA) is 73.9 Å². The minimum atomic E-state index is -0.948. The summed E-state index contributed by atoms with van der Waals surface area (Å²) in [6.07, 6.45) is -0.948. The third kappa shape index (κ3) is 4.26. The Balaban J connectivity index is 2.05. The predicted octanol–water partition coefficient (Wildman–Crippen LogP) is 3.26. The van der Waals surface area contributed by atoms with Crippen molar-refractivity contribution in [2.45, 2.75) is 20.0 Å². The zero-order valence-corrected chi connectivity index (χ0v) is 14.7. The summed E-state index contributed by atoms with van der Waals surface area (Å²) in [7, 11) is 3.03. The number of anilines is 1. The summed E-state index contributed by atoms with van der Waals surface area (Å²) in [5.41, 5.74) is 0.441. The lowest BCUT2D eigenvalue weighted by molar-refractivity contribution is -0.123. The molecule has 0 saturated carbocycles. The number of amides is 1. The molecule has 0 fully saturated rings. The SMILES string of the molecule is COc1ccc(OC)c(NC(=O)C(C)OC(=O)c2ccc(C)s2)c1. The molecule has 1 unspecified atom stereocenters. The number of aryl methyl sites for hydroxylation is 1. The van der Waals surface area contributed by atoms with E-state index in [0.717, 1.165) is 4.88 Å². The molecule has 7 heteroatoms. The smallest absolute Gasteiger partial charge is 0.349 e. The second-order valence-corrected chi connectivity index (χ2v) is 6.30. The lowest BCUT2D eigenvalue weighted by Gasteiger charge is -2.15. The van der Waals surface area contributed by atoms with Crippen LogP contribution in [0.4, 0.5) is 5.69 Å². The van der Waals surface area contributed by atoms with Crippen LogP contribution in [0.15, 0.2) is 30.3 Å². The largest absolute Gasteiger partial charge is 0.497 e. The molecule has 0 spiro atoms. The monoisotopic (exact) mass is 349 g/mol. The lowest BCUT2D eigenvalue weighted by atomic mass is 10.2. The summed E-state index contributed by atoms with van der Waals surface area (Å²) in [6, 6.07) is 8.54. The molecule has 0 saturated heterocycles. The van der Waals surface area contributed by atoms with E-state index in [2.05, 4.69) is 5.32 Å². The van der Waals surface area contributed by atoms with Crippen LogP contribution in [0.25, 0.3) is 0 Å². The van der Waals surface area contributed by atoms with E-state index in [9.17, 15) is 9.59 Å². The van der Waals surface area contributed by atoms with Gasteiger partial charge in [0.2, 0.25) is 0 Å². The summed E-state index contributed by atoms with van der Waals surface area (Å²) in [5.74, 6) is 0.0814. The molecule has 128 valence electrons. The van der Waals surface area contributed by atoms with Crippen LogP contribution in [0.1, 0.15) is 21.5 Å². The lowest BCUT2D eigenvalue weighted by Crippen LogP contribution is -2.30. The Labute approximate surface area is 144 Å². The second kappa shape index (κ2) is 7.83. The number of carbonyl (C=O) groups is 2. The number of methoxy groups -OCH3 is 2. The number of thiophene rings is 1. The van der Waals surface area contributed by atoms with Gasteiger partial charge in [0.1, 0.15) is 16.4 Å². The Morgan fingerprint density at radius 1 is 1.12 bits per heavy atom. The Hall–Kier alpha value is -2.54. The molecule has 6 nitrogen and oxygen atoms in total. The maximum absolute atomic E-state index is 12.3. The molecule has 0 bridgehead atoms. The van der Waals surface area contributed by atoms with Gasteiger partial charge in [-0.05, 0) is 38.1 Å². The number of hydrogen-bond acceptors (Lipinski definition) is 6. The molecule has 0 aliphatic carbocycles. The highest BCUT2D eigenvalue weighted by molar-refractivity contribution is 7.13. The van der Waals surface area contributed by atoms with E-state index in [0.29, 0.717) is 22.1 Å². The Morgan fingerprint density at radius 2 is 1.88 bits per heavy atom. The third-order valence-electron chi connectivity index (χ3n) is 3.26. The van der Waals surface area contributed by atoms with Gasteiger partial charge in [-0.15, -0.1) is 11.3 Å². The molecule has 1 atom stereocenters. The van der Waals surface area contributed by atoms with Crippen LogP contribution in [-0.2, 0) is 9.53 Å². The molecule has 1 heterocycles. The van der Waals surface area contributed by atoms with Crippen molar-refractivity contribution < 1.29 is 23.8 Å². The van der Waals surface area contributed by atoms with Gasteiger partial charge < -0.3 is 19.5 Å². The quantitative estimate of drug-likeness (QED) is 0.810. The Bertz CT molecular complexity index is 740. The van der Waals surface area contributed by atoms with Crippen molar-refractivity contribution in [3.8, 4) is 11.5 Å². The minimum Gasteiger partial charge on any atom is -0.497 e. The van der Waals surface area contributed by atoms with Gasteiger partial charge in [-0.3, -0.25) is 4.79 Å². The zero-order valence-electron chi connectivity index (χ0n) is 13.9. The first-order valence-corrected chi connectivity index (χ1v) is 8.06. The van der Waals surface area contributed by atoms with Crippen LogP contribution < -0.4 is 14.8 Å². The highest BCUT2D eigenvalue weighted by Crippen LogP contribution is 2.29. The molecule has 1 aromatic heterocycles. The molecule has 0 aliphatic heterocycles. The molecule has 2 aromatic rings. The van der Waals surface area contributed by atoms with E-state index >= 15 is 0 Å². The summed E-state index contributed by atoms with van der Waals surface area (Å²) >= 11 is 1.32. The average Bonchev–Trinajstić information content (AvgIpc) is 3.01. The van der Waals surface area contributed by atoms with E-state index in [1.807, 2.05) is 13.0 Å². The van der Waals surface area contributed by atoms with Crippen LogP contribution in [0.2, 0.25) is 0 Å². The number of nitrogens with one attached hydrogen (secondary N) is 1. The fourth-order valence-electron chi connectivity index (χ4n) is 1.96. The summed E-state index contributed by atoms with van der Waals surface area (Å²) < 4.78 is 15.5. The van der Waals surface area contributed by atoms with E-state index in [4.69, 9.17) is 14.2 Å². The average molecular weight is 349 g/mol. The number of hydrogen-bond donors (Lipinski definition) is 1. The number of esters is 1. The van der Waals surface area contributed by atoms with Gasteiger partial charge in [-0.2, -0.15) is 0 Å². The van der Waals surface area contributed by atoms with Crippen molar-refractivity contribution in [3.05, 3.63) is 40.1 Å². The fourth-order valence-corrected chi connectivity index (χ4v) is 2.71. The molecule has 0 aliphatic rings. The van der Waals surface area contributed by atoms with Crippen LogP contribution in [0.3, 0.4) is 0 Å². The van der Waals surface area contributed by atoms with Crippen molar-refractivity contribution in [2.24, 2.45) is 0 Å². The number of carbonyl (C=O) groups excluding carboxylic acids is 2. The third-order valence-corrected chi connectivity index (χ3v) is 4.24. The number of benzene rings is 1. The van der Waals surface area contributed by atoms with Crippen molar-refractivity contribution in [3.63, 3.8) is 0 Å². The predicted molar refractivity (Wildman–Crippen MR) is 92.1 cm³/mol. The maximum Gasteiger partial charge on any atom is 0.349 e. The van der Waals surface area contributed by atoms with Gasteiger partial charge in [-0.25, -0.2) is 4.79 Å². The van der Waals surface area contributed by atoms with E-state index in [1.165, 1.54) is 32.5 Å². The van der Waals surface area contributed by atoms with Crippen molar-refractivity contribution in [2.75, 3.05) is 19.5 Å². The maximum atomic E-state index is 12.3. The molecule has 1 aromatic carbocycles. The van der Waals surface area contributed by atoms with E-state index in [-0.39, 0.29) is 0 Å². The molecule has 0 radical (unpaired) electrons. The van der Waals surface area contributed by atoms with Gasteiger partial charge in [0.15, 0.2) is 6.10 Å². The molecule has 1 amide bonds. The highest BCUT2D eigenvalue weighted by Gasteiger charge is 2.21. The van der Waals surface area contributed by atoms with Crippen molar-refractivity contribution in [1.29, 1.82) is 0 Å². The van der Waals surface area contributed by atoms with Gasteiger partial charge in [-0.1, -0.05) is 0 Å². The standard InChI is InChI=1S/C17H19NO5S/c1-10-5-8-15(24-10)17(20)23-11(2)16(19)18-13-9-12(21-3)6-7-14(13)22-4/h5-9,11H,1-4H3,(H,18,19). The van der Waals surface area contributed by atoms with E-state index < -0.39 is 18.0 Å². The second-order valence-electron chi connectivity index (χ2n) is 5.01. The summed E-state index contributed by atoms with van der Waals surface area (Å²) in [6.45, 7) is 3.41. The van der Waals surface area contributed by atoms with Gasteiger partial charge in [0, 0.05) is 10.9 Å². The van der Waals surface area contributed by atoms with Crippen LogP contribution in [-0.4, -0.2) is 32.2 Å². The van der Waals surface area contributed by atoms with Crippen LogP contribution in [0, 0.1) is 6.92 Å². The first-order chi connectivity index (χ1) is 11.4. The fraction of sp³-hybridized carbons (Fsp3) is 0.294. The van der Waals surface area contributed by atoms with Gasteiger partial charge >= 0.3 is 5.97 Å². The number of rotatable bonds is 6. The summed E-state index contributed by atoms with van der Waals surface area (Å²) in [4.78, 5) is 25.7. The Morgan fingerprint density at radius 3 is 2.46 bits per heavy atom. The van der Waals surface area contributed by atoms with Gasteiger partial charge in [0.25, 0.3) is 5.91 Å². The number of ether oxygens (including phenoxy) is 3. The van der Waals surface area contributed by atoms with E-state index in [1.54, 1.807) is 24.3 Å². The molecule has 2 rings (SSSR count). The molecule has 1 N–H and O–H groups in total.